The number of nitrogens with one attached hydrogen (secondary N) is 1. The van der Waals surface area contributed by atoms with Gasteiger partial charge in [0.25, 0.3) is 0 Å². The smallest absolute Gasteiger partial charge is 0.250 e. The quantitative estimate of drug-likeness (QED) is 0.551. The van der Waals surface area contributed by atoms with E-state index in [0.29, 0.717) is 12.5 Å². The summed E-state index contributed by atoms with van der Waals surface area (Å²) in [6.45, 7) is 0.500. The molecule has 1 aliphatic rings. The first kappa shape index (κ1) is 24.4. The number of amides is 1. The number of nitrogens with two attached hydrogens (primary N) is 1. The molecule has 4 nitrogen and oxygen atoms in total. The Balaban J connectivity index is 0.00000320. The number of carbonyl (C=O) groups is 1. The fourth-order valence-corrected chi connectivity index (χ4v) is 4.47. The van der Waals surface area contributed by atoms with Gasteiger partial charge in [0.15, 0.2) is 0 Å². The molecule has 30 heavy (non-hydrogen) atoms. The molecule has 5 heteroatoms. The molecule has 0 radical (unpaired) electrons. The Kier molecular flexibility index (Phi) is 10.4. The molecule has 2 atom stereocenters. The lowest BCUT2D eigenvalue weighted by atomic mass is 9.84. The number of carbonyl (C=O) groups excluding carboxylic acids is 1. The minimum Gasteiger partial charge on any atom is -0.382 e. The molecule has 1 saturated carbocycles. The van der Waals surface area contributed by atoms with E-state index in [9.17, 15) is 9.90 Å². The first-order chi connectivity index (χ1) is 14.1. The molecular formula is C25H35ClN2O2. The van der Waals surface area contributed by atoms with Gasteiger partial charge >= 0.3 is 0 Å². The summed E-state index contributed by atoms with van der Waals surface area (Å²) in [5.41, 5.74) is 8.60. The van der Waals surface area contributed by atoms with Crippen molar-refractivity contribution in [3.63, 3.8) is 0 Å². The molecule has 4 N–H and O–H groups in total. The van der Waals surface area contributed by atoms with Gasteiger partial charge in [0.05, 0.1) is 0 Å². The topological polar surface area (TPSA) is 75.3 Å². The first-order valence-corrected chi connectivity index (χ1v) is 11.0. The van der Waals surface area contributed by atoms with Crippen LogP contribution >= 0.6 is 12.4 Å². The van der Waals surface area contributed by atoms with Crippen molar-refractivity contribution in [2.24, 2.45) is 11.7 Å². The number of halogens is 1. The Bertz CT molecular complexity index is 696. The van der Waals surface area contributed by atoms with Crippen LogP contribution in [0.15, 0.2) is 60.7 Å². The van der Waals surface area contributed by atoms with Crippen LogP contribution in [0.3, 0.4) is 0 Å². The van der Waals surface area contributed by atoms with E-state index < -0.39 is 12.1 Å². The highest BCUT2D eigenvalue weighted by molar-refractivity contribution is 5.85. The average molecular weight is 431 g/mol. The molecule has 0 spiro atoms. The van der Waals surface area contributed by atoms with Gasteiger partial charge in [-0.15, -0.1) is 12.4 Å². The van der Waals surface area contributed by atoms with Crippen molar-refractivity contribution in [1.29, 1.82) is 0 Å². The monoisotopic (exact) mass is 430 g/mol. The number of aliphatic hydroxyl groups is 1. The van der Waals surface area contributed by atoms with Gasteiger partial charge in [-0.25, -0.2) is 0 Å². The van der Waals surface area contributed by atoms with Gasteiger partial charge < -0.3 is 16.2 Å². The van der Waals surface area contributed by atoms with Gasteiger partial charge in [0.2, 0.25) is 5.91 Å². The van der Waals surface area contributed by atoms with Crippen LogP contribution in [-0.4, -0.2) is 29.7 Å². The second kappa shape index (κ2) is 12.7. The van der Waals surface area contributed by atoms with Gasteiger partial charge in [-0.05, 0) is 29.9 Å². The second-order valence-electron chi connectivity index (χ2n) is 8.30. The summed E-state index contributed by atoms with van der Waals surface area (Å²) < 4.78 is 0. The number of aliphatic hydroxyl groups excluding tert-OH is 1. The Morgan fingerprint density at radius 1 is 0.967 bits per heavy atom. The zero-order valence-electron chi connectivity index (χ0n) is 17.6. The van der Waals surface area contributed by atoms with Crippen LogP contribution in [0.25, 0.3) is 0 Å². The van der Waals surface area contributed by atoms with Crippen LogP contribution in [0.4, 0.5) is 0 Å². The molecular weight excluding hydrogens is 396 g/mol. The first-order valence-electron chi connectivity index (χ1n) is 11.0. The number of hydrogen-bond acceptors (Lipinski definition) is 3. The maximum Gasteiger partial charge on any atom is 0.250 e. The third-order valence-corrected chi connectivity index (χ3v) is 6.14. The lowest BCUT2D eigenvalue weighted by Crippen LogP contribution is -2.47. The third-order valence-electron chi connectivity index (χ3n) is 6.14. The fourth-order valence-electron chi connectivity index (χ4n) is 4.47. The molecule has 0 bridgehead atoms. The van der Waals surface area contributed by atoms with Crippen LogP contribution in [-0.2, 0) is 4.79 Å². The minimum absolute atomic E-state index is 0. The second-order valence-corrected chi connectivity index (χ2v) is 8.30. The fraction of sp³-hybridized carbons (Fsp3) is 0.480. The largest absolute Gasteiger partial charge is 0.382 e. The Morgan fingerprint density at radius 2 is 1.50 bits per heavy atom. The summed E-state index contributed by atoms with van der Waals surface area (Å²) in [7, 11) is 0. The highest BCUT2D eigenvalue weighted by Gasteiger charge is 2.26. The third kappa shape index (κ3) is 7.12. The minimum atomic E-state index is -1.14. The van der Waals surface area contributed by atoms with Crippen LogP contribution in [0.2, 0.25) is 0 Å². The molecule has 0 saturated heterocycles. The van der Waals surface area contributed by atoms with Crippen LogP contribution in [0, 0.1) is 5.92 Å². The average Bonchev–Trinajstić information content (AvgIpc) is 2.78. The van der Waals surface area contributed by atoms with Crippen molar-refractivity contribution < 1.29 is 9.90 Å². The van der Waals surface area contributed by atoms with Crippen LogP contribution in [0.5, 0.6) is 0 Å². The van der Waals surface area contributed by atoms with Gasteiger partial charge in [-0.3, -0.25) is 4.79 Å². The summed E-state index contributed by atoms with van der Waals surface area (Å²) in [6.07, 6.45) is 6.45. The van der Waals surface area contributed by atoms with Crippen molar-refractivity contribution in [3.05, 3.63) is 71.8 Å². The highest BCUT2D eigenvalue weighted by atomic mass is 35.5. The van der Waals surface area contributed by atoms with E-state index >= 15 is 0 Å². The van der Waals surface area contributed by atoms with Gasteiger partial charge in [0.1, 0.15) is 6.10 Å². The number of benzene rings is 2. The van der Waals surface area contributed by atoms with E-state index in [1.807, 2.05) is 36.4 Å². The Labute approximate surface area is 186 Å². The predicted octanol–water partition coefficient (Wildman–Crippen LogP) is 4.41. The Morgan fingerprint density at radius 3 is 2.03 bits per heavy atom. The molecule has 0 aromatic heterocycles. The molecule has 2 aromatic carbocycles. The normalized spacial score (nSPS) is 16.5. The summed E-state index contributed by atoms with van der Waals surface area (Å²) in [5.74, 6) is 0.390. The van der Waals surface area contributed by atoms with Gasteiger partial charge in [0, 0.05) is 18.5 Å². The van der Waals surface area contributed by atoms with Crippen LogP contribution < -0.4 is 11.1 Å². The van der Waals surface area contributed by atoms with Crippen molar-refractivity contribution in [3.8, 4) is 0 Å². The maximum atomic E-state index is 12.4. The summed E-state index contributed by atoms with van der Waals surface area (Å²) in [4.78, 5) is 12.4. The summed E-state index contributed by atoms with van der Waals surface area (Å²) >= 11 is 0. The number of hydrogen-bond donors (Lipinski definition) is 3. The van der Waals surface area contributed by atoms with Gasteiger partial charge in [-0.1, -0.05) is 92.8 Å². The maximum absolute atomic E-state index is 12.4. The molecule has 2 aromatic rings. The van der Waals surface area contributed by atoms with Crippen molar-refractivity contribution >= 4 is 18.3 Å². The van der Waals surface area contributed by atoms with E-state index in [0.717, 1.165) is 25.7 Å². The van der Waals surface area contributed by atoms with E-state index in [-0.39, 0.29) is 24.2 Å². The molecule has 1 unspecified atom stereocenters. The highest BCUT2D eigenvalue weighted by Crippen LogP contribution is 2.28. The molecule has 1 fully saturated rings. The van der Waals surface area contributed by atoms with Crippen molar-refractivity contribution in [1.82, 2.24) is 5.32 Å². The van der Waals surface area contributed by atoms with E-state index in [1.165, 1.54) is 30.4 Å². The van der Waals surface area contributed by atoms with E-state index in [4.69, 9.17) is 5.73 Å². The zero-order chi connectivity index (χ0) is 20.5. The Hall–Kier alpha value is -1.88. The van der Waals surface area contributed by atoms with E-state index in [2.05, 4.69) is 29.6 Å². The van der Waals surface area contributed by atoms with Gasteiger partial charge in [-0.2, -0.15) is 0 Å². The van der Waals surface area contributed by atoms with Crippen molar-refractivity contribution in [2.45, 2.75) is 63.0 Å². The summed E-state index contributed by atoms with van der Waals surface area (Å²) in [6, 6.07) is 20.2. The molecule has 0 heterocycles. The zero-order valence-corrected chi connectivity index (χ0v) is 18.4. The standard InChI is InChI=1S/C25H34N2O2.ClH/c26-23(18-19-10-4-1-5-11-19)24(28)25(29)27-17-16-22(20-12-6-2-7-13-20)21-14-8-3-9-15-21;/h2-3,6-9,12-15,19,22-24,28H,1,4-5,10-11,16-18,26H2,(H,27,29);1H/t23-,24?;/m1./s1. The molecule has 164 valence electrons. The number of rotatable bonds is 9. The van der Waals surface area contributed by atoms with E-state index in [1.54, 1.807) is 0 Å². The lowest BCUT2D eigenvalue weighted by Gasteiger charge is -2.26. The molecule has 3 rings (SSSR count). The molecule has 1 aliphatic carbocycles. The van der Waals surface area contributed by atoms with Crippen LogP contribution in [0.1, 0.15) is 62.0 Å². The SMILES string of the molecule is Cl.N[C@H](CC1CCCCC1)C(O)C(=O)NCCC(c1ccccc1)c1ccccc1. The predicted molar refractivity (Wildman–Crippen MR) is 125 cm³/mol. The summed E-state index contributed by atoms with van der Waals surface area (Å²) in [5, 5.41) is 13.3. The lowest BCUT2D eigenvalue weighted by molar-refractivity contribution is -0.130. The molecule has 1 amide bonds. The molecule has 0 aliphatic heterocycles. The van der Waals surface area contributed by atoms with Crippen molar-refractivity contribution in [2.75, 3.05) is 6.54 Å².